The van der Waals surface area contributed by atoms with Gasteiger partial charge in [0.1, 0.15) is 40.6 Å². The number of likely N-dealkylation sites (tertiary alicyclic amines) is 3. The van der Waals surface area contributed by atoms with Crippen LogP contribution in [-0.2, 0) is 33.6 Å². The number of hydrogen-bond donors (Lipinski definition) is 2. The fourth-order valence-corrected chi connectivity index (χ4v) is 10.4. The summed E-state index contributed by atoms with van der Waals surface area (Å²) in [5.74, 6) is 1.31. The largest absolute Gasteiger partial charge is 0.397 e. The molecule has 0 spiro atoms. The number of nitrogens with two attached hydrogens (primary N) is 2. The van der Waals surface area contributed by atoms with Gasteiger partial charge in [0.25, 0.3) is 5.69 Å². The molecule has 12 rings (SSSR count). The number of carbonyl (C=O) groups is 3. The Kier molecular flexibility index (Phi) is 18.6. The maximum atomic E-state index is 13.2. The average molecular weight is 1160 g/mol. The first kappa shape index (κ1) is 58.7. The molecule has 3 amide bonds. The number of aromatic nitrogens is 9. The number of nitro groups is 1. The van der Waals surface area contributed by atoms with Gasteiger partial charge in [-0.3, -0.25) is 34.5 Å². The van der Waals surface area contributed by atoms with E-state index in [1.54, 1.807) is 121 Å². The second-order valence-corrected chi connectivity index (χ2v) is 20.7. The number of hydrogen-bond acceptors (Lipinski definition) is 16. The molecule has 4 N–H and O–H groups in total. The molecule has 0 radical (unpaired) electrons. The van der Waals surface area contributed by atoms with Crippen molar-refractivity contribution >= 4 is 34.8 Å². The minimum atomic E-state index is -0.547. The van der Waals surface area contributed by atoms with Gasteiger partial charge < -0.3 is 26.2 Å². The lowest BCUT2D eigenvalue weighted by molar-refractivity contribution is -0.385. The predicted octanol–water partition coefficient (Wildman–Crippen LogP) is 8.78. The number of anilines is 2. The van der Waals surface area contributed by atoms with E-state index in [9.17, 15) is 37.7 Å². The standard InChI is InChI=1S/C21H18FN5O3.2C21H20FN5O/c22-16-4-2-14(3-5-16)17-6-7-19(27(29)30)18(25-17)12-20(28)26-11-8-15(13-26)21-23-9-1-10-24-21;2*22-16-4-2-14(3-5-16)18-7-6-17(23)19(26-18)12-20(28)27-11-8-15(13-27)21-24-9-1-10-25-21/h1-7,9-10,15H,8,11-13H2;2*1-7,9-10,15H,8,11-13,23H2. The first-order valence-corrected chi connectivity index (χ1v) is 27.8. The van der Waals surface area contributed by atoms with Gasteiger partial charge in [0.15, 0.2) is 0 Å². The molecule has 0 saturated carbocycles. The summed E-state index contributed by atoms with van der Waals surface area (Å²) in [6.45, 7) is 3.53. The number of halogens is 3. The molecule has 9 aromatic rings. The van der Waals surface area contributed by atoms with Crippen molar-refractivity contribution in [2.75, 3.05) is 50.7 Å². The van der Waals surface area contributed by atoms with Crippen LogP contribution in [0.2, 0.25) is 0 Å². The van der Waals surface area contributed by atoms with Crippen LogP contribution in [0.4, 0.5) is 30.2 Å². The lowest BCUT2D eigenvalue weighted by atomic mass is 10.1. The van der Waals surface area contributed by atoms with Crippen LogP contribution >= 0.6 is 0 Å². The highest BCUT2D eigenvalue weighted by molar-refractivity contribution is 5.82. The SMILES string of the molecule is Nc1ccc(-c2ccc(F)cc2)nc1CC(=O)N1CCC(c2ncccn2)C1.Nc1ccc(-c2ccc(F)cc2)nc1CC(=O)N1CCC(c2ncccn2)C1.O=C(Cc1nc(-c2ccc(F)cc2)ccc1[N+](=O)[O-])N1CCC(c2ncccn2)C1. The second kappa shape index (κ2) is 27.3. The zero-order valence-corrected chi connectivity index (χ0v) is 46.4. The molecule has 20 nitrogen and oxygen atoms in total. The summed E-state index contributed by atoms with van der Waals surface area (Å²) >= 11 is 0. The van der Waals surface area contributed by atoms with E-state index in [1.165, 1.54) is 48.5 Å². The van der Waals surface area contributed by atoms with E-state index in [2.05, 4.69) is 44.9 Å². The van der Waals surface area contributed by atoms with Crippen molar-refractivity contribution in [3.8, 4) is 33.8 Å². The van der Waals surface area contributed by atoms with Crippen LogP contribution in [0.3, 0.4) is 0 Å². The third-order valence-electron chi connectivity index (χ3n) is 15.0. The van der Waals surface area contributed by atoms with Crippen molar-refractivity contribution in [2.24, 2.45) is 0 Å². The third kappa shape index (κ3) is 14.8. The number of rotatable bonds is 13. The third-order valence-corrected chi connectivity index (χ3v) is 15.0. The summed E-state index contributed by atoms with van der Waals surface area (Å²) in [7, 11) is 0. The van der Waals surface area contributed by atoms with E-state index < -0.39 is 4.92 Å². The van der Waals surface area contributed by atoms with Crippen molar-refractivity contribution in [3.05, 3.63) is 227 Å². The molecule has 3 fully saturated rings. The van der Waals surface area contributed by atoms with Crippen LogP contribution in [0.5, 0.6) is 0 Å². The normalized spacial score (nSPS) is 16.2. The summed E-state index contributed by atoms with van der Waals surface area (Å²) in [4.78, 5) is 93.7. The molecule has 3 aromatic carbocycles. The Hall–Kier alpha value is -10.5. The summed E-state index contributed by atoms with van der Waals surface area (Å²) in [5.41, 5.74) is 17.9. The first-order valence-electron chi connectivity index (χ1n) is 27.8. The van der Waals surface area contributed by atoms with Crippen molar-refractivity contribution in [3.63, 3.8) is 0 Å². The summed E-state index contributed by atoms with van der Waals surface area (Å²) in [6, 6.07) is 33.0. The van der Waals surface area contributed by atoms with E-state index in [4.69, 9.17) is 11.5 Å². The maximum absolute atomic E-state index is 13.2. The number of benzene rings is 3. The monoisotopic (exact) mass is 1160 g/mol. The molecule has 9 heterocycles. The molecule has 3 aliphatic rings. The van der Waals surface area contributed by atoms with Crippen LogP contribution in [0.1, 0.15) is 71.6 Å². The van der Waals surface area contributed by atoms with Gasteiger partial charge in [-0.05, 0) is 141 Å². The fraction of sp³-hybridized carbons (Fsp3) is 0.238. The number of nitrogens with zero attached hydrogens (tertiary/aromatic N) is 13. The van der Waals surface area contributed by atoms with Gasteiger partial charge >= 0.3 is 0 Å². The van der Waals surface area contributed by atoms with Gasteiger partial charge in [0.2, 0.25) is 17.7 Å². The topological polar surface area (TPSA) is 272 Å². The van der Waals surface area contributed by atoms with Crippen LogP contribution in [0, 0.1) is 27.6 Å². The molecule has 0 bridgehead atoms. The Balaban J connectivity index is 0.000000143. The van der Waals surface area contributed by atoms with Gasteiger partial charge in [-0.15, -0.1) is 0 Å². The van der Waals surface area contributed by atoms with E-state index in [0.29, 0.717) is 90.5 Å². The van der Waals surface area contributed by atoms with Gasteiger partial charge in [-0.2, -0.15) is 0 Å². The molecule has 3 saturated heterocycles. The van der Waals surface area contributed by atoms with Crippen molar-refractivity contribution in [1.82, 2.24) is 59.6 Å². The molecule has 0 aliphatic carbocycles. The molecular weight excluding hydrogens is 1100 g/mol. The Morgan fingerprint density at radius 1 is 0.442 bits per heavy atom. The van der Waals surface area contributed by atoms with E-state index >= 15 is 0 Å². The highest BCUT2D eigenvalue weighted by Gasteiger charge is 2.33. The van der Waals surface area contributed by atoms with Gasteiger partial charge in [0.05, 0.1) is 64.0 Å². The Bertz CT molecular complexity index is 3660. The van der Waals surface area contributed by atoms with E-state index in [0.717, 1.165) is 42.0 Å². The molecule has 23 heteroatoms. The van der Waals surface area contributed by atoms with Crippen molar-refractivity contribution in [2.45, 2.75) is 56.3 Å². The lowest BCUT2D eigenvalue weighted by Gasteiger charge is -2.17. The molecule has 3 atom stereocenters. The lowest BCUT2D eigenvalue weighted by Crippen LogP contribution is -2.30. The molecule has 3 aliphatic heterocycles. The summed E-state index contributed by atoms with van der Waals surface area (Å²) < 4.78 is 39.5. The molecule has 6 aromatic heterocycles. The Morgan fingerprint density at radius 3 is 1.05 bits per heavy atom. The van der Waals surface area contributed by atoms with Crippen molar-refractivity contribution in [1.29, 1.82) is 0 Å². The maximum Gasteiger partial charge on any atom is 0.291 e. The Labute approximate surface area is 492 Å². The number of carbonyl (C=O) groups excluding carboxylic acids is 3. The zero-order valence-electron chi connectivity index (χ0n) is 46.4. The minimum Gasteiger partial charge on any atom is -0.397 e. The number of nitrogen functional groups attached to an aromatic ring is 2. The quantitative estimate of drug-likeness (QED) is 0.0806. The zero-order chi connectivity index (χ0) is 60.1. The van der Waals surface area contributed by atoms with Gasteiger partial charge in [-0.25, -0.2) is 48.1 Å². The average Bonchev–Trinajstić information content (AvgIpc) is 3.92. The molecule has 3 unspecified atom stereocenters. The highest BCUT2D eigenvalue weighted by atomic mass is 19.1. The number of amides is 3. The molecular formula is C63H58F3N15O5. The van der Waals surface area contributed by atoms with Crippen LogP contribution in [0.15, 0.2) is 165 Å². The van der Waals surface area contributed by atoms with Gasteiger partial charge in [0, 0.05) is 117 Å². The van der Waals surface area contributed by atoms with Crippen molar-refractivity contribution < 1.29 is 32.5 Å². The first-order chi connectivity index (χ1) is 41.7. The summed E-state index contributed by atoms with van der Waals surface area (Å²) in [6.07, 6.45) is 12.7. The number of pyridine rings is 3. The summed E-state index contributed by atoms with van der Waals surface area (Å²) in [5, 5.41) is 11.4. The fourth-order valence-electron chi connectivity index (χ4n) is 10.4. The Morgan fingerprint density at radius 2 is 0.733 bits per heavy atom. The van der Waals surface area contributed by atoms with Gasteiger partial charge in [-0.1, -0.05) is 0 Å². The molecule has 86 heavy (non-hydrogen) atoms. The van der Waals surface area contributed by atoms with Crippen LogP contribution in [0.25, 0.3) is 33.8 Å². The molecule has 436 valence electrons. The van der Waals surface area contributed by atoms with E-state index in [-0.39, 0.29) is 83.6 Å². The minimum absolute atomic E-state index is 0.0195. The van der Waals surface area contributed by atoms with Crippen LogP contribution < -0.4 is 11.5 Å². The second-order valence-electron chi connectivity index (χ2n) is 20.7. The smallest absolute Gasteiger partial charge is 0.291 e. The predicted molar refractivity (Wildman–Crippen MR) is 313 cm³/mol. The highest BCUT2D eigenvalue weighted by Crippen LogP contribution is 2.31. The van der Waals surface area contributed by atoms with Crippen LogP contribution in [-0.4, -0.2) is 121 Å². The van der Waals surface area contributed by atoms with E-state index in [1.807, 2.05) is 9.80 Å².